The van der Waals surface area contributed by atoms with Gasteiger partial charge in [0.15, 0.2) is 16.7 Å². The van der Waals surface area contributed by atoms with E-state index in [2.05, 4.69) is 27.6 Å². The van der Waals surface area contributed by atoms with E-state index in [1.165, 1.54) is 11.8 Å². The third kappa shape index (κ3) is 4.91. The maximum atomic E-state index is 12.9. The predicted molar refractivity (Wildman–Crippen MR) is 145 cm³/mol. The molecule has 0 fully saturated rings. The lowest BCUT2D eigenvalue weighted by Crippen LogP contribution is -2.34. The number of hydrogen-bond acceptors (Lipinski definition) is 7. The molecule has 1 atom stereocenters. The van der Waals surface area contributed by atoms with E-state index < -0.39 is 6.04 Å². The van der Waals surface area contributed by atoms with Crippen molar-refractivity contribution in [1.82, 2.24) is 4.90 Å². The molecular formula is C24H21Cl2IN2O4S. The van der Waals surface area contributed by atoms with Crippen LogP contribution in [-0.4, -0.2) is 29.8 Å². The SMILES string of the molecule is CCOC(=O)C1=C(C)N=C2SC=CN2[C@@H]1c1cc(I)c(OCc2c(Cl)cccc2Cl)c(OC)c1. The van der Waals surface area contributed by atoms with Crippen LogP contribution in [0.4, 0.5) is 0 Å². The molecule has 0 radical (unpaired) electrons. The van der Waals surface area contributed by atoms with E-state index in [1.54, 1.807) is 32.2 Å². The van der Waals surface area contributed by atoms with E-state index in [0.717, 1.165) is 14.3 Å². The Morgan fingerprint density at radius 3 is 2.68 bits per heavy atom. The molecule has 0 unspecified atom stereocenters. The Balaban J connectivity index is 1.73. The number of halogens is 3. The molecule has 0 aliphatic carbocycles. The number of nitrogens with zero attached hydrogens (tertiary/aromatic N) is 2. The molecule has 2 aliphatic rings. The molecule has 2 aliphatic heterocycles. The monoisotopic (exact) mass is 630 g/mol. The molecule has 2 heterocycles. The second-order valence-electron chi connectivity index (χ2n) is 7.35. The van der Waals surface area contributed by atoms with Gasteiger partial charge in [-0.05, 0) is 71.7 Å². The molecule has 10 heteroatoms. The zero-order valence-electron chi connectivity index (χ0n) is 18.6. The van der Waals surface area contributed by atoms with Gasteiger partial charge in [0.1, 0.15) is 6.61 Å². The Labute approximate surface area is 226 Å². The number of allylic oxidation sites excluding steroid dienone is 1. The number of aliphatic imine (C=N–C) groups is 1. The van der Waals surface area contributed by atoms with Gasteiger partial charge in [0.25, 0.3) is 0 Å². The Morgan fingerprint density at radius 2 is 2.00 bits per heavy atom. The summed E-state index contributed by atoms with van der Waals surface area (Å²) in [4.78, 5) is 19.5. The molecule has 4 rings (SSSR count). The number of methoxy groups -OCH3 is 1. The maximum Gasteiger partial charge on any atom is 0.338 e. The Kier molecular flexibility index (Phi) is 8.01. The van der Waals surface area contributed by atoms with Crippen LogP contribution in [0.25, 0.3) is 0 Å². The fourth-order valence-corrected chi connectivity index (χ4v) is 5.83. The van der Waals surface area contributed by atoms with Crippen LogP contribution in [-0.2, 0) is 16.1 Å². The summed E-state index contributed by atoms with van der Waals surface area (Å²) >= 11 is 16.3. The second-order valence-corrected chi connectivity index (χ2v) is 10.2. The highest BCUT2D eigenvalue weighted by Gasteiger charge is 2.38. The van der Waals surface area contributed by atoms with Crippen molar-refractivity contribution in [2.75, 3.05) is 13.7 Å². The van der Waals surface area contributed by atoms with Crippen molar-refractivity contribution in [1.29, 1.82) is 0 Å². The normalized spacial score (nSPS) is 16.9. The summed E-state index contributed by atoms with van der Waals surface area (Å²) in [5.74, 6) is 0.712. The Morgan fingerprint density at radius 1 is 1.26 bits per heavy atom. The highest BCUT2D eigenvalue weighted by molar-refractivity contribution is 14.1. The zero-order chi connectivity index (χ0) is 24.4. The average Bonchev–Trinajstić information content (AvgIpc) is 3.26. The molecule has 0 amide bonds. The van der Waals surface area contributed by atoms with E-state index in [4.69, 9.17) is 37.4 Å². The first-order valence-electron chi connectivity index (χ1n) is 10.4. The van der Waals surface area contributed by atoms with Crippen LogP contribution in [0.2, 0.25) is 10.0 Å². The first-order valence-corrected chi connectivity index (χ1v) is 13.1. The number of carbonyl (C=O) groups excluding carboxylic acids is 1. The van der Waals surface area contributed by atoms with Crippen LogP contribution >= 0.6 is 57.6 Å². The first kappa shape index (κ1) is 25.2. The quantitative estimate of drug-likeness (QED) is 0.244. The zero-order valence-corrected chi connectivity index (χ0v) is 23.1. The van der Waals surface area contributed by atoms with Crippen LogP contribution < -0.4 is 9.47 Å². The van der Waals surface area contributed by atoms with E-state index in [1.807, 2.05) is 35.6 Å². The van der Waals surface area contributed by atoms with E-state index in [-0.39, 0.29) is 19.2 Å². The lowest BCUT2D eigenvalue weighted by molar-refractivity contribution is -0.139. The third-order valence-corrected chi connectivity index (χ3v) is 7.59. The van der Waals surface area contributed by atoms with Gasteiger partial charge in [-0.1, -0.05) is 41.0 Å². The van der Waals surface area contributed by atoms with Crippen molar-refractivity contribution >= 4 is 68.7 Å². The number of fused-ring (bicyclic) bond motifs is 1. The minimum atomic E-state index is -0.410. The summed E-state index contributed by atoms with van der Waals surface area (Å²) in [6, 6.07) is 8.77. The van der Waals surface area contributed by atoms with Gasteiger partial charge < -0.3 is 19.1 Å². The summed E-state index contributed by atoms with van der Waals surface area (Å²) in [5, 5.41) is 3.81. The maximum absolute atomic E-state index is 12.9. The summed E-state index contributed by atoms with van der Waals surface area (Å²) in [5.41, 5.74) is 2.68. The molecule has 0 saturated heterocycles. The van der Waals surface area contributed by atoms with Crippen LogP contribution in [0, 0.1) is 3.57 Å². The largest absolute Gasteiger partial charge is 0.493 e. The topological polar surface area (TPSA) is 60.4 Å². The van der Waals surface area contributed by atoms with Crippen molar-refractivity contribution < 1.29 is 19.0 Å². The molecule has 2 aromatic carbocycles. The first-order chi connectivity index (χ1) is 16.3. The summed E-state index contributed by atoms with van der Waals surface area (Å²) in [6.07, 6.45) is 1.92. The number of thioether (sulfide) groups is 1. The molecule has 34 heavy (non-hydrogen) atoms. The fraction of sp³-hybridized carbons (Fsp3) is 0.250. The molecule has 0 saturated carbocycles. The number of rotatable bonds is 7. The van der Waals surface area contributed by atoms with Crippen LogP contribution in [0.5, 0.6) is 11.5 Å². The average molecular weight is 631 g/mol. The number of carbonyl (C=O) groups is 1. The highest BCUT2D eigenvalue weighted by atomic mass is 127. The van der Waals surface area contributed by atoms with Gasteiger partial charge >= 0.3 is 5.97 Å². The summed E-state index contributed by atoms with van der Waals surface area (Å²) < 4.78 is 18.0. The van der Waals surface area contributed by atoms with Gasteiger partial charge in [-0.15, -0.1) is 0 Å². The van der Waals surface area contributed by atoms with E-state index >= 15 is 0 Å². The minimum Gasteiger partial charge on any atom is -0.493 e. The highest BCUT2D eigenvalue weighted by Crippen LogP contribution is 2.44. The van der Waals surface area contributed by atoms with E-state index in [9.17, 15) is 4.79 Å². The van der Waals surface area contributed by atoms with Crippen molar-refractivity contribution in [3.8, 4) is 11.5 Å². The Hall–Kier alpha value is -1.88. The molecule has 0 N–H and O–H groups in total. The van der Waals surface area contributed by atoms with Gasteiger partial charge in [0.2, 0.25) is 0 Å². The van der Waals surface area contributed by atoms with Crippen LogP contribution in [0.15, 0.2) is 58.2 Å². The van der Waals surface area contributed by atoms with Crippen molar-refractivity contribution in [3.63, 3.8) is 0 Å². The van der Waals surface area contributed by atoms with Crippen LogP contribution in [0.3, 0.4) is 0 Å². The molecular weight excluding hydrogens is 610 g/mol. The van der Waals surface area contributed by atoms with Gasteiger partial charge in [-0.2, -0.15) is 0 Å². The molecule has 178 valence electrons. The van der Waals surface area contributed by atoms with Gasteiger partial charge in [0.05, 0.1) is 34.6 Å². The standard InChI is InChI=1S/C24H21Cl2IN2O4S/c1-4-32-23(30)20-13(2)28-24-29(8-9-34-24)21(20)14-10-18(27)22(19(11-14)31-3)33-12-15-16(25)6-5-7-17(15)26/h5-11,21H,4,12H2,1-3H3/t21-/m1/s1. The van der Waals surface area contributed by atoms with Crippen molar-refractivity contribution in [2.24, 2.45) is 4.99 Å². The number of ether oxygens (including phenoxy) is 3. The Bertz CT molecular complexity index is 1210. The summed E-state index contributed by atoms with van der Waals surface area (Å²) in [7, 11) is 1.58. The van der Waals surface area contributed by atoms with Gasteiger partial charge in [-0.3, -0.25) is 0 Å². The molecule has 0 spiro atoms. The lowest BCUT2D eigenvalue weighted by atomic mass is 9.94. The fourth-order valence-electron chi connectivity index (χ4n) is 3.75. The lowest BCUT2D eigenvalue weighted by Gasteiger charge is -2.33. The summed E-state index contributed by atoms with van der Waals surface area (Å²) in [6.45, 7) is 4.08. The van der Waals surface area contributed by atoms with Crippen molar-refractivity contribution in [2.45, 2.75) is 26.5 Å². The number of esters is 1. The minimum absolute atomic E-state index is 0.184. The molecule has 2 aromatic rings. The number of amidine groups is 1. The van der Waals surface area contributed by atoms with E-state index in [0.29, 0.717) is 38.4 Å². The van der Waals surface area contributed by atoms with Crippen LogP contribution in [0.1, 0.15) is 31.0 Å². The van der Waals surface area contributed by atoms with Gasteiger partial charge in [-0.25, -0.2) is 9.79 Å². The third-order valence-electron chi connectivity index (χ3n) is 5.31. The van der Waals surface area contributed by atoms with Gasteiger partial charge in [0, 0.05) is 21.8 Å². The molecule has 6 nitrogen and oxygen atoms in total. The van der Waals surface area contributed by atoms with Crippen molar-refractivity contribution in [3.05, 3.63) is 78.0 Å². The second kappa shape index (κ2) is 10.8. The molecule has 0 aromatic heterocycles. The smallest absolute Gasteiger partial charge is 0.338 e. The number of benzene rings is 2. The predicted octanol–water partition coefficient (Wildman–Crippen LogP) is 6.95. The number of hydrogen-bond donors (Lipinski definition) is 0. The molecule has 0 bridgehead atoms.